The first kappa shape index (κ1) is 27.1. The SMILES string of the molecule is CC(C)c1ccc(N2C(=O)CC(N(CCc3ccc(S(N)(=O)=O)cc3)S(=O)(=O)c3cccs3)C2=O)cc1. The smallest absolute Gasteiger partial charge is 0.253 e. The van der Waals surface area contributed by atoms with Crippen LogP contribution in [-0.4, -0.2) is 45.5 Å². The van der Waals surface area contributed by atoms with Crippen molar-refractivity contribution in [1.29, 1.82) is 0 Å². The molecule has 1 aliphatic rings. The molecule has 0 radical (unpaired) electrons. The molecule has 1 aliphatic heterocycles. The van der Waals surface area contributed by atoms with Crippen molar-refractivity contribution in [3.8, 4) is 0 Å². The van der Waals surface area contributed by atoms with Gasteiger partial charge in [0, 0.05) is 6.54 Å². The third-order valence-corrected chi connectivity index (χ3v) is 10.4. The topological polar surface area (TPSA) is 135 Å². The number of carbonyl (C=O) groups is 2. The summed E-state index contributed by atoms with van der Waals surface area (Å²) < 4.78 is 51.3. The van der Waals surface area contributed by atoms with Crippen LogP contribution < -0.4 is 10.0 Å². The van der Waals surface area contributed by atoms with Gasteiger partial charge in [0.2, 0.25) is 15.9 Å². The second-order valence-electron chi connectivity index (χ2n) is 9.02. The van der Waals surface area contributed by atoms with Crippen molar-refractivity contribution in [3.05, 3.63) is 77.2 Å². The number of nitrogens with zero attached hydrogens (tertiary/aromatic N) is 2. The Hall–Kier alpha value is -2.90. The van der Waals surface area contributed by atoms with Crippen molar-refractivity contribution >= 4 is 48.9 Å². The summed E-state index contributed by atoms with van der Waals surface area (Å²) in [6.45, 7) is 3.98. The molecule has 0 aliphatic carbocycles. The monoisotopic (exact) mass is 561 g/mol. The molecule has 1 aromatic heterocycles. The molecule has 3 aromatic rings. The Labute approximate surface area is 220 Å². The van der Waals surface area contributed by atoms with Crippen LogP contribution in [0.15, 0.2) is 75.1 Å². The zero-order valence-corrected chi connectivity index (χ0v) is 22.7. The molecule has 1 fully saturated rings. The van der Waals surface area contributed by atoms with Crippen molar-refractivity contribution in [1.82, 2.24) is 4.31 Å². The number of amides is 2. The van der Waals surface area contributed by atoms with Crippen LogP contribution in [-0.2, 0) is 36.1 Å². The first-order valence-corrected chi connectivity index (χ1v) is 15.4. The molecule has 37 heavy (non-hydrogen) atoms. The van der Waals surface area contributed by atoms with Crippen LogP contribution in [0.5, 0.6) is 0 Å². The van der Waals surface area contributed by atoms with Gasteiger partial charge in [-0.2, -0.15) is 4.31 Å². The average Bonchev–Trinajstić information content (AvgIpc) is 3.48. The number of hydrogen-bond donors (Lipinski definition) is 1. The van der Waals surface area contributed by atoms with Crippen LogP contribution in [0.1, 0.15) is 37.3 Å². The lowest BCUT2D eigenvalue weighted by molar-refractivity contribution is -0.122. The van der Waals surface area contributed by atoms with Crippen LogP contribution in [0.25, 0.3) is 0 Å². The Morgan fingerprint density at radius 2 is 1.65 bits per heavy atom. The first-order chi connectivity index (χ1) is 17.4. The summed E-state index contributed by atoms with van der Waals surface area (Å²) in [5.41, 5.74) is 2.10. The van der Waals surface area contributed by atoms with E-state index in [1.54, 1.807) is 35.7 Å². The maximum atomic E-state index is 13.6. The number of hydrogen-bond acceptors (Lipinski definition) is 7. The van der Waals surface area contributed by atoms with E-state index in [0.717, 1.165) is 26.1 Å². The average molecular weight is 562 g/mol. The van der Waals surface area contributed by atoms with E-state index >= 15 is 0 Å². The standard InChI is InChI=1S/C25H27N3O6S3/c1-17(2)19-7-9-20(10-8-19)28-23(29)16-22(25(28)30)27(37(33,34)24-4-3-15-35-24)14-13-18-5-11-21(12-6-18)36(26,31)32/h3-12,15,17,22H,13-14,16H2,1-2H3,(H2,26,31,32). The second kappa shape index (κ2) is 10.5. The number of carbonyl (C=O) groups excluding carboxylic acids is 2. The van der Waals surface area contributed by atoms with Crippen LogP contribution in [0, 0.1) is 0 Å². The highest BCUT2D eigenvalue weighted by Crippen LogP contribution is 2.31. The summed E-state index contributed by atoms with van der Waals surface area (Å²) >= 11 is 1.03. The van der Waals surface area contributed by atoms with Gasteiger partial charge in [-0.05, 0) is 59.2 Å². The number of nitrogens with two attached hydrogens (primary N) is 1. The van der Waals surface area contributed by atoms with Gasteiger partial charge in [0.25, 0.3) is 15.9 Å². The maximum absolute atomic E-state index is 13.6. The molecule has 1 saturated heterocycles. The highest BCUT2D eigenvalue weighted by Gasteiger charge is 2.47. The van der Waals surface area contributed by atoms with E-state index in [9.17, 15) is 26.4 Å². The molecule has 0 saturated carbocycles. The molecule has 0 spiro atoms. The van der Waals surface area contributed by atoms with Crippen molar-refractivity contribution in [2.75, 3.05) is 11.4 Å². The van der Waals surface area contributed by atoms with Crippen molar-refractivity contribution in [2.24, 2.45) is 5.14 Å². The van der Waals surface area contributed by atoms with Crippen molar-refractivity contribution in [2.45, 2.75) is 47.8 Å². The van der Waals surface area contributed by atoms with Gasteiger partial charge in [0.1, 0.15) is 10.3 Å². The summed E-state index contributed by atoms with van der Waals surface area (Å²) in [6, 6.07) is 14.7. The third-order valence-electron chi connectivity index (χ3n) is 6.22. The predicted octanol–water partition coefficient (Wildman–Crippen LogP) is 3.08. The number of thiophene rings is 1. The zero-order chi connectivity index (χ0) is 27.0. The van der Waals surface area contributed by atoms with Crippen LogP contribution in [0.3, 0.4) is 0 Å². The van der Waals surface area contributed by atoms with Crippen molar-refractivity contribution < 1.29 is 26.4 Å². The Morgan fingerprint density at radius 1 is 1.00 bits per heavy atom. The number of anilines is 1. The van der Waals surface area contributed by atoms with Gasteiger partial charge in [-0.25, -0.2) is 26.9 Å². The molecule has 1 atom stereocenters. The molecule has 196 valence electrons. The normalized spacial score (nSPS) is 16.8. The van der Waals surface area contributed by atoms with E-state index in [1.807, 2.05) is 26.0 Å². The number of imide groups is 1. The highest BCUT2D eigenvalue weighted by atomic mass is 32.2. The Morgan fingerprint density at radius 3 is 2.19 bits per heavy atom. The first-order valence-electron chi connectivity index (χ1n) is 11.5. The van der Waals surface area contributed by atoms with Gasteiger partial charge in [0.05, 0.1) is 17.0 Å². The molecule has 2 amide bonds. The van der Waals surface area contributed by atoms with E-state index in [0.29, 0.717) is 11.3 Å². The zero-order valence-electron chi connectivity index (χ0n) is 20.3. The molecule has 2 heterocycles. The van der Waals surface area contributed by atoms with E-state index in [2.05, 4.69) is 0 Å². The van der Waals surface area contributed by atoms with E-state index in [4.69, 9.17) is 5.14 Å². The molecule has 9 nitrogen and oxygen atoms in total. The molecule has 12 heteroatoms. The van der Waals surface area contributed by atoms with Gasteiger partial charge in [-0.3, -0.25) is 9.59 Å². The predicted molar refractivity (Wildman–Crippen MR) is 141 cm³/mol. The van der Waals surface area contributed by atoms with Crippen LogP contribution >= 0.6 is 11.3 Å². The summed E-state index contributed by atoms with van der Waals surface area (Å²) in [5, 5.41) is 6.77. The van der Waals surface area contributed by atoms with Crippen LogP contribution in [0.2, 0.25) is 0 Å². The Balaban J connectivity index is 1.63. The third kappa shape index (κ3) is 5.68. The largest absolute Gasteiger partial charge is 0.274 e. The number of primary sulfonamides is 1. The molecule has 4 rings (SSSR count). The maximum Gasteiger partial charge on any atom is 0.253 e. The minimum absolute atomic E-state index is 0.0602. The van der Waals surface area contributed by atoms with Gasteiger partial charge >= 0.3 is 0 Å². The molecule has 2 aromatic carbocycles. The van der Waals surface area contributed by atoms with Gasteiger partial charge in [0.15, 0.2) is 0 Å². The lowest BCUT2D eigenvalue weighted by Gasteiger charge is -2.26. The fourth-order valence-electron chi connectivity index (χ4n) is 4.17. The summed E-state index contributed by atoms with van der Waals surface area (Å²) in [6.07, 6.45) is -0.0870. The number of benzene rings is 2. The van der Waals surface area contributed by atoms with Crippen LogP contribution in [0.4, 0.5) is 5.69 Å². The second-order valence-corrected chi connectivity index (χ2v) is 13.6. The lowest BCUT2D eigenvalue weighted by Crippen LogP contribution is -2.46. The lowest BCUT2D eigenvalue weighted by atomic mass is 10.0. The van der Waals surface area contributed by atoms with Gasteiger partial charge < -0.3 is 0 Å². The fraction of sp³-hybridized carbons (Fsp3) is 0.280. The number of sulfonamides is 2. The quantitative estimate of drug-likeness (QED) is 0.399. The Kier molecular flexibility index (Phi) is 7.67. The molecule has 2 N–H and O–H groups in total. The summed E-state index contributed by atoms with van der Waals surface area (Å²) in [7, 11) is -7.95. The molecular weight excluding hydrogens is 534 g/mol. The summed E-state index contributed by atoms with van der Waals surface area (Å²) in [4.78, 5) is 27.4. The molecule has 0 bridgehead atoms. The fourth-order valence-corrected chi connectivity index (χ4v) is 7.39. The van der Waals surface area contributed by atoms with E-state index in [1.165, 1.54) is 18.2 Å². The molecule has 1 unspecified atom stereocenters. The highest BCUT2D eigenvalue weighted by molar-refractivity contribution is 7.91. The Bertz CT molecular complexity index is 1500. The number of rotatable bonds is 9. The molecular formula is C25H27N3O6S3. The van der Waals surface area contributed by atoms with Crippen molar-refractivity contribution in [3.63, 3.8) is 0 Å². The van der Waals surface area contributed by atoms with E-state index < -0.39 is 37.9 Å². The minimum atomic E-state index is -4.09. The van der Waals surface area contributed by atoms with E-state index in [-0.39, 0.29) is 34.4 Å². The minimum Gasteiger partial charge on any atom is -0.274 e. The van der Waals surface area contributed by atoms with Gasteiger partial charge in [-0.1, -0.05) is 44.2 Å². The summed E-state index contributed by atoms with van der Waals surface area (Å²) in [5.74, 6) is -0.805. The van der Waals surface area contributed by atoms with Gasteiger partial charge in [-0.15, -0.1) is 11.3 Å².